The number of methoxy groups -OCH3 is 1. The minimum absolute atomic E-state index is 0.0934. The number of hydrogen-bond donors (Lipinski definition) is 1. The van der Waals surface area contributed by atoms with Gasteiger partial charge in [0.15, 0.2) is 5.92 Å². The molecule has 0 amide bonds. The van der Waals surface area contributed by atoms with E-state index in [2.05, 4.69) is 27.7 Å². The molecule has 61 heavy (non-hydrogen) atoms. The third kappa shape index (κ3) is 29.2. The van der Waals surface area contributed by atoms with E-state index in [4.69, 9.17) is 28.5 Å². The van der Waals surface area contributed by atoms with E-state index in [1.165, 1.54) is 14.2 Å². The summed E-state index contributed by atoms with van der Waals surface area (Å²) in [7, 11) is 6.22. The van der Waals surface area contributed by atoms with Crippen LogP contribution in [0.15, 0.2) is 0 Å². The van der Waals surface area contributed by atoms with E-state index in [0.717, 1.165) is 116 Å². The summed E-state index contributed by atoms with van der Waals surface area (Å²) >= 11 is 0. The molecule has 0 aromatic carbocycles. The summed E-state index contributed by atoms with van der Waals surface area (Å²) in [6.07, 6.45) is 20.6. The van der Waals surface area contributed by atoms with E-state index in [9.17, 15) is 29.2 Å². The second-order valence-corrected chi connectivity index (χ2v) is 17.3. The SMILES string of the molecule is CCCCCCCCC(C(=O)OC)C(=O)OCC(COC(=O)CCCN(C)C)(COC(=O)CC(CCCCC)CCCCC)COC(=O)C(CCCCCCCC)[NH+]([O-])OC. The maximum Gasteiger partial charge on any atom is 0.368 e. The first kappa shape index (κ1) is 58.2. The molecule has 0 rings (SSSR count). The van der Waals surface area contributed by atoms with Crippen molar-refractivity contribution in [3.63, 3.8) is 0 Å². The third-order valence-electron chi connectivity index (χ3n) is 11.2. The molecule has 0 aliphatic rings. The molecule has 1 N–H and O–H groups in total. The zero-order chi connectivity index (χ0) is 45.7. The minimum Gasteiger partial charge on any atom is -0.599 e. The number of ether oxygens (including phenoxy) is 5. The number of rotatable bonds is 41. The van der Waals surface area contributed by atoms with Crippen LogP contribution < -0.4 is 5.23 Å². The Morgan fingerprint density at radius 2 is 0.984 bits per heavy atom. The average molecular weight is 873 g/mol. The highest BCUT2D eigenvalue weighted by molar-refractivity contribution is 5.94. The van der Waals surface area contributed by atoms with Crippen molar-refractivity contribution in [2.45, 2.75) is 194 Å². The van der Waals surface area contributed by atoms with Gasteiger partial charge in [0.25, 0.3) is 0 Å². The van der Waals surface area contributed by atoms with Gasteiger partial charge in [-0.05, 0) is 58.7 Å². The van der Waals surface area contributed by atoms with Gasteiger partial charge in [0.05, 0.1) is 14.2 Å². The van der Waals surface area contributed by atoms with Crippen molar-refractivity contribution in [2.24, 2.45) is 17.3 Å². The highest BCUT2D eigenvalue weighted by Crippen LogP contribution is 2.26. The summed E-state index contributed by atoms with van der Waals surface area (Å²) in [6, 6.07) is -1.21. The number of carbonyl (C=O) groups is 5. The highest BCUT2D eigenvalue weighted by Gasteiger charge is 2.41. The molecule has 4 atom stereocenters. The van der Waals surface area contributed by atoms with Gasteiger partial charge in [-0.2, -0.15) is 0 Å². The molecule has 0 spiro atoms. The van der Waals surface area contributed by atoms with E-state index in [-0.39, 0.29) is 31.6 Å². The molecule has 358 valence electrons. The average Bonchev–Trinajstić information content (AvgIpc) is 3.24. The Bertz CT molecular complexity index is 1140. The first-order chi connectivity index (χ1) is 29.3. The van der Waals surface area contributed by atoms with E-state index in [1.807, 2.05) is 19.0 Å². The minimum atomic E-state index is -1.57. The number of nitrogens with zero attached hydrogens (tertiary/aromatic N) is 1. The fraction of sp³-hybridized carbons (Fsp3) is 0.894. The van der Waals surface area contributed by atoms with Crippen molar-refractivity contribution in [3.8, 4) is 0 Å². The van der Waals surface area contributed by atoms with Gasteiger partial charge in [-0.3, -0.25) is 19.2 Å². The fourth-order valence-electron chi connectivity index (χ4n) is 7.19. The molecule has 0 aliphatic carbocycles. The molecule has 14 heteroatoms. The van der Waals surface area contributed by atoms with Crippen molar-refractivity contribution in [3.05, 3.63) is 5.21 Å². The summed E-state index contributed by atoms with van der Waals surface area (Å²) in [5, 5.41) is 12.1. The standard InChI is InChI=1S/C47H88N2O12/c1-9-13-17-19-21-25-30-40(44(52)56-7)45(53)60-37-47(35-58-42(50)32-27-33-48(5)6,36-59-43(51)34-39(28-23-15-11-3)29-24-16-12-4)38-61-46(54)41(49(55)57-8)31-26-22-20-18-14-10-2/h39-41,49H,9-38H2,1-8H3. The number of nitrogens with one attached hydrogen (secondary N) is 1. The van der Waals surface area contributed by atoms with Crippen LogP contribution in [0.2, 0.25) is 0 Å². The lowest BCUT2D eigenvalue weighted by Gasteiger charge is -2.33. The Hall–Kier alpha value is -2.81. The Labute approximate surface area is 369 Å². The second kappa shape index (κ2) is 37.7. The lowest BCUT2D eigenvalue weighted by Crippen LogP contribution is -3.11. The van der Waals surface area contributed by atoms with Crippen LogP contribution in [0.1, 0.15) is 188 Å². The summed E-state index contributed by atoms with van der Waals surface area (Å²) < 4.78 is 28.4. The monoisotopic (exact) mass is 873 g/mol. The Kier molecular flexibility index (Phi) is 36.0. The molecule has 0 heterocycles. The molecule has 4 unspecified atom stereocenters. The molecule has 0 fully saturated rings. The summed E-state index contributed by atoms with van der Waals surface area (Å²) in [6.45, 7) is 7.30. The summed E-state index contributed by atoms with van der Waals surface area (Å²) in [5.41, 5.74) is -1.57. The molecule has 0 aromatic heterocycles. The van der Waals surface area contributed by atoms with Crippen LogP contribution in [0.25, 0.3) is 0 Å². The largest absolute Gasteiger partial charge is 0.599 e. The maximum atomic E-state index is 13.7. The zero-order valence-corrected chi connectivity index (χ0v) is 39.8. The maximum absolute atomic E-state index is 13.7. The molecule has 0 aliphatic heterocycles. The smallest absolute Gasteiger partial charge is 0.368 e. The van der Waals surface area contributed by atoms with Crippen LogP contribution in [-0.2, 0) is 52.5 Å². The predicted molar refractivity (Wildman–Crippen MR) is 237 cm³/mol. The summed E-state index contributed by atoms with van der Waals surface area (Å²) in [4.78, 5) is 73.9. The van der Waals surface area contributed by atoms with E-state index in [0.29, 0.717) is 25.8 Å². The molecule has 0 bridgehead atoms. The van der Waals surface area contributed by atoms with Gasteiger partial charge in [0.2, 0.25) is 6.04 Å². The molecule has 0 radical (unpaired) electrons. The molecule has 0 saturated carbocycles. The molecular formula is C47H88N2O12. The fourth-order valence-corrected chi connectivity index (χ4v) is 7.19. The van der Waals surface area contributed by atoms with Crippen LogP contribution in [0, 0.1) is 22.5 Å². The van der Waals surface area contributed by atoms with E-state index >= 15 is 0 Å². The first-order valence-electron chi connectivity index (χ1n) is 23.8. The van der Waals surface area contributed by atoms with Crippen LogP contribution in [0.4, 0.5) is 0 Å². The van der Waals surface area contributed by atoms with Crippen LogP contribution in [0.3, 0.4) is 0 Å². The Morgan fingerprint density at radius 3 is 1.49 bits per heavy atom. The van der Waals surface area contributed by atoms with E-state index in [1.54, 1.807) is 0 Å². The first-order valence-corrected chi connectivity index (χ1v) is 23.8. The van der Waals surface area contributed by atoms with Gasteiger partial charge in [0, 0.05) is 19.3 Å². The van der Waals surface area contributed by atoms with Crippen molar-refractivity contribution < 1.29 is 57.7 Å². The quantitative estimate of drug-likeness (QED) is 0.0205. The van der Waals surface area contributed by atoms with Gasteiger partial charge < -0.3 is 33.8 Å². The number of hydrogen-bond acceptors (Lipinski definition) is 13. The van der Waals surface area contributed by atoms with Crippen molar-refractivity contribution in [1.82, 2.24) is 4.90 Å². The van der Waals surface area contributed by atoms with E-state index < -0.39 is 78.9 Å². The van der Waals surface area contributed by atoms with Crippen LogP contribution in [-0.4, -0.2) is 102 Å². The van der Waals surface area contributed by atoms with Gasteiger partial charge in [-0.15, -0.1) is 0 Å². The van der Waals surface area contributed by atoms with Crippen LogP contribution in [0.5, 0.6) is 0 Å². The van der Waals surface area contributed by atoms with Crippen molar-refractivity contribution >= 4 is 29.8 Å². The number of carbonyl (C=O) groups excluding carboxylic acids is 5. The number of unbranched alkanes of at least 4 members (excludes halogenated alkanes) is 14. The lowest BCUT2D eigenvalue weighted by atomic mass is 9.91. The van der Waals surface area contributed by atoms with Gasteiger partial charge in [0.1, 0.15) is 31.8 Å². The van der Waals surface area contributed by atoms with Gasteiger partial charge in [-0.25, -0.2) is 14.9 Å². The molecular weight excluding hydrogens is 785 g/mol. The highest BCUT2D eigenvalue weighted by atomic mass is 16.9. The Balaban J connectivity index is 6.64. The Morgan fingerprint density at radius 1 is 0.541 bits per heavy atom. The molecule has 14 nitrogen and oxygen atoms in total. The number of quaternary nitrogens is 1. The number of esters is 5. The van der Waals surface area contributed by atoms with Gasteiger partial charge >= 0.3 is 29.8 Å². The normalized spacial score (nSPS) is 14.0. The number of hydroxylamine groups is 2. The van der Waals surface area contributed by atoms with Crippen molar-refractivity contribution in [1.29, 1.82) is 0 Å². The van der Waals surface area contributed by atoms with Crippen LogP contribution >= 0.6 is 0 Å². The topological polar surface area (TPSA) is 171 Å². The van der Waals surface area contributed by atoms with Crippen molar-refractivity contribution in [2.75, 3.05) is 61.3 Å². The lowest BCUT2D eigenvalue weighted by molar-refractivity contribution is -1.06. The molecule has 0 saturated heterocycles. The summed E-state index contributed by atoms with van der Waals surface area (Å²) in [5.74, 6) is -4.51. The zero-order valence-electron chi connectivity index (χ0n) is 39.8. The third-order valence-corrected chi connectivity index (χ3v) is 11.2. The molecule has 0 aromatic rings. The second-order valence-electron chi connectivity index (χ2n) is 17.3. The predicted octanol–water partition coefficient (Wildman–Crippen LogP) is 8.26. The van der Waals surface area contributed by atoms with Gasteiger partial charge in [-0.1, -0.05) is 137 Å².